The highest BCUT2D eigenvalue weighted by atomic mass is 19.1. The van der Waals surface area contributed by atoms with E-state index in [0.717, 1.165) is 10.5 Å². The molecular formula is C19H16FN3O3. The van der Waals surface area contributed by atoms with Crippen molar-refractivity contribution in [3.63, 3.8) is 0 Å². The van der Waals surface area contributed by atoms with Crippen molar-refractivity contribution in [2.24, 2.45) is 5.92 Å². The van der Waals surface area contributed by atoms with Crippen LogP contribution >= 0.6 is 0 Å². The van der Waals surface area contributed by atoms with Gasteiger partial charge in [-0.3, -0.25) is 14.9 Å². The van der Waals surface area contributed by atoms with E-state index in [1.165, 1.54) is 18.2 Å². The van der Waals surface area contributed by atoms with E-state index < -0.39 is 29.6 Å². The van der Waals surface area contributed by atoms with Crippen molar-refractivity contribution < 1.29 is 18.8 Å². The zero-order valence-electron chi connectivity index (χ0n) is 14.0. The number of nitrogens with one attached hydrogen (secondary N) is 2. The number of urea groups is 1. The van der Waals surface area contributed by atoms with E-state index in [9.17, 15) is 18.8 Å². The quantitative estimate of drug-likeness (QED) is 0.829. The van der Waals surface area contributed by atoms with Crippen LogP contribution in [0.15, 0.2) is 60.8 Å². The first kappa shape index (κ1) is 17.3. The maximum absolute atomic E-state index is 13.3. The minimum absolute atomic E-state index is 0.0442. The van der Waals surface area contributed by atoms with Gasteiger partial charge in [0.05, 0.1) is 5.69 Å². The summed E-state index contributed by atoms with van der Waals surface area (Å²) in [5.74, 6) is -3.30. The summed E-state index contributed by atoms with van der Waals surface area (Å²) in [4.78, 5) is 38.0. The summed E-state index contributed by atoms with van der Waals surface area (Å²) in [7, 11) is 0. The number of aryl methyl sites for hydroxylation is 1. The molecule has 6 nitrogen and oxygen atoms in total. The molecule has 0 aromatic heterocycles. The van der Waals surface area contributed by atoms with Crippen molar-refractivity contribution in [3.05, 3.63) is 72.2 Å². The monoisotopic (exact) mass is 353 g/mol. The minimum Gasteiger partial charge on any atom is -0.358 e. The zero-order valence-corrected chi connectivity index (χ0v) is 14.0. The molecule has 2 aromatic carbocycles. The third-order valence-corrected chi connectivity index (χ3v) is 3.93. The Morgan fingerprint density at radius 2 is 1.85 bits per heavy atom. The zero-order chi connectivity index (χ0) is 18.8. The first-order valence-electron chi connectivity index (χ1n) is 7.83. The molecule has 7 heteroatoms. The highest BCUT2D eigenvalue weighted by Crippen LogP contribution is 2.25. The molecule has 132 valence electrons. The van der Waals surface area contributed by atoms with Crippen LogP contribution in [0.5, 0.6) is 0 Å². The molecule has 2 aromatic rings. The molecule has 1 heterocycles. The molecule has 1 aliphatic heterocycles. The Morgan fingerprint density at radius 3 is 2.50 bits per heavy atom. The van der Waals surface area contributed by atoms with Gasteiger partial charge in [0, 0.05) is 11.4 Å². The van der Waals surface area contributed by atoms with Gasteiger partial charge >= 0.3 is 6.03 Å². The average molecular weight is 353 g/mol. The fourth-order valence-corrected chi connectivity index (χ4v) is 2.64. The summed E-state index contributed by atoms with van der Waals surface area (Å²) in [5.41, 5.74) is 1.69. The van der Waals surface area contributed by atoms with Crippen LogP contribution in [0.2, 0.25) is 0 Å². The molecule has 0 spiro atoms. The van der Waals surface area contributed by atoms with Gasteiger partial charge < -0.3 is 5.32 Å². The Kier molecular flexibility index (Phi) is 4.53. The minimum atomic E-state index is -1.32. The molecule has 0 saturated carbocycles. The molecule has 1 atom stereocenters. The van der Waals surface area contributed by atoms with E-state index in [-0.39, 0.29) is 5.70 Å². The largest absolute Gasteiger partial charge is 0.358 e. The Balaban J connectivity index is 1.87. The van der Waals surface area contributed by atoms with E-state index >= 15 is 0 Å². The van der Waals surface area contributed by atoms with E-state index in [1.807, 2.05) is 6.92 Å². The highest BCUT2D eigenvalue weighted by molar-refractivity contribution is 6.28. The van der Waals surface area contributed by atoms with Crippen LogP contribution in [0.1, 0.15) is 5.56 Å². The van der Waals surface area contributed by atoms with E-state index in [1.54, 1.807) is 30.3 Å². The van der Waals surface area contributed by atoms with Crippen LogP contribution in [0.3, 0.4) is 0 Å². The molecule has 0 radical (unpaired) electrons. The molecule has 1 saturated heterocycles. The molecule has 0 bridgehead atoms. The van der Waals surface area contributed by atoms with Crippen LogP contribution in [0, 0.1) is 18.7 Å². The van der Waals surface area contributed by atoms with Crippen molar-refractivity contribution in [2.75, 3.05) is 10.2 Å². The van der Waals surface area contributed by atoms with Crippen LogP contribution in [-0.2, 0) is 9.59 Å². The molecule has 0 aliphatic carbocycles. The molecular weight excluding hydrogens is 337 g/mol. The number of amides is 4. The lowest BCUT2D eigenvalue weighted by atomic mass is 10.0. The number of barbiturate groups is 1. The Morgan fingerprint density at radius 1 is 1.15 bits per heavy atom. The molecule has 2 N–H and O–H groups in total. The van der Waals surface area contributed by atoms with Gasteiger partial charge in [-0.25, -0.2) is 14.1 Å². The van der Waals surface area contributed by atoms with Gasteiger partial charge in [-0.2, -0.15) is 0 Å². The number of carbonyl (C=O) groups is 3. The number of imide groups is 2. The van der Waals surface area contributed by atoms with Crippen LogP contribution in [-0.4, -0.2) is 17.8 Å². The SMILES string of the molecule is C=C(Nc1cccc(F)c1)[C@@H]1C(=O)NC(=O)N(c2ccc(C)cc2)C1=O. The summed E-state index contributed by atoms with van der Waals surface area (Å²) in [6.45, 7) is 5.59. The average Bonchev–Trinajstić information content (AvgIpc) is 2.56. The van der Waals surface area contributed by atoms with Crippen molar-refractivity contribution in [1.82, 2.24) is 5.32 Å². The second-order valence-electron chi connectivity index (χ2n) is 5.90. The molecule has 1 aliphatic rings. The number of anilines is 2. The van der Waals surface area contributed by atoms with Crippen molar-refractivity contribution in [2.45, 2.75) is 6.92 Å². The first-order chi connectivity index (χ1) is 12.4. The summed E-state index contributed by atoms with van der Waals surface area (Å²) in [6, 6.07) is 11.4. The summed E-state index contributed by atoms with van der Waals surface area (Å²) < 4.78 is 13.3. The van der Waals surface area contributed by atoms with Gasteiger partial charge in [-0.05, 0) is 37.3 Å². The molecule has 26 heavy (non-hydrogen) atoms. The Bertz CT molecular complexity index is 909. The number of carbonyl (C=O) groups excluding carboxylic acids is 3. The molecule has 4 amide bonds. The maximum Gasteiger partial charge on any atom is 0.335 e. The molecule has 1 fully saturated rings. The Labute approximate surface area is 149 Å². The number of rotatable bonds is 4. The van der Waals surface area contributed by atoms with Gasteiger partial charge in [-0.15, -0.1) is 0 Å². The highest BCUT2D eigenvalue weighted by Gasteiger charge is 2.42. The van der Waals surface area contributed by atoms with E-state index in [4.69, 9.17) is 0 Å². The lowest BCUT2D eigenvalue weighted by molar-refractivity contribution is -0.132. The van der Waals surface area contributed by atoms with Crippen LogP contribution in [0.25, 0.3) is 0 Å². The molecule has 3 rings (SSSR count). The number of benzene rings is 2. The maximum atomic E-state index is 13.3. The lowest BCUT2D eigenvalue weighted by Crippen LogP contribution is -2.59. The fourth-order valence-electron chi connectivity index (χ4n) is 2.64. The second-order valence-corrected chi connectivity index (χ2v) is 5.90. The normalized spacial score (nSPS) is 17.1. The van der Waals surface area contributed by atoms with Gasteiger partial charge in [0.15, 0.2) is 5.92 Å². The van der Waals surface area contributed by atoms with Crippen LogP contribution < -0.4 is 15.5 Å². The number of hydrogen-bond acceptors (Lipinski definition) is 4. The van der Waals surface area contributed by atoms with Gasteiger partial charge in [-0.1, -0.05) is 30.3 Å². The summed E-state index contributed by atoms with van der Waals surface area (Å²) in [6.07, 6.45) is 0. The number of halogens is 1. The number of hydrogen-bond donors (Lipinski definition) is 2. The van der Waals surface area contributed by atoms with Crippen LogP contribution in [0.4, 0.5) is 20.6 Å². The van der Waals surface area contributed by atoms with Crippen molar-refractivity contribution in [3.8, 4) is 0 Å². The second kappa shape index (κ2) is 6.79. The first-order valence-corrected chi connectivity index (χ1v) is 7.83. The standard InChI is InChI=1S/C19H16FN3O3/c1-11-6-8-15(9-7-11)23-18(25)16(17(24)22-19(23)26)12(2)21-14-5-3-4-13(20)10-14/h3-10,16,21H,2H2,1H3,(H,22,24,26)/t16-/m1/s1. The third kappa shape index (κ3) is 3.32. The van der Waals surface area contributed by atoms with Crippen molar-refractivity contribution in [1.29, 1.82) is 0 Å². The van der Waals surface area contributed by atoms with Gasteiger partial charge in [0.2, 0.25) is 5.91 Å². The van der Waals surface area contributed by atoms with Gasteiger partial charge in [0.25, 0.3) is 5.91 Å². The number of nitrogens with zero attached hydrogens (tertiary/aromatic N) is 1. The summed E-state index contributed by atoms with van der Waals surface area (Å²) in [5, 5.41) is 4.91. The van der Waals surface area contributed by atoms with E-state index in [2.05, 4.69) is 17.2 Å². The van der Waals surface area contributed by atoms with Crippen molar-refractivity contribution >= 4 is 29.2 Å². The predicted octanol–water partition coefficient (Wildman–Crippen LogP) is 2.96. The Hall–Kier alpha value is -3.48. The smallest absolute Gasteiger partial charge is 0.335 e. The molecule has 0 unspecified atom stereocenters. The topological polar surface area (TPSA) is 78.5 Å². The third-order valence-electron chi connectivity index (χ3n) is 3.93. The van der Waals surface area contributed by atoms with E-state index in [0.29, 0.717) is 11.4 Å². The van der Waals surface area contributed by atoms with Gasteiger partial charge in [0.1, 0.15) is 5.82 Å². The fraction of sp³-hybridized carbons (Fsp3) is 0.105. The summed E-state index contributed by atoms with van der Waals surface area (Å²) >= 11 is 0. The predicted molar refractivity (Wildman–Crippen MR) is 94.9 cm³/mol. The lowest BCUT2D eigenvalue weighted by Gasteiger charge is -2.31.